The van der Waals surface area contributed by atoms with Gasteiger partial charge in [0.25, 0.3) is 17.5 Å². The molecule has 204 valence electrons. The number of non-ortho nitro benzene ring substituents is 1. The Labute approximate surface area is 234 Å². The highest BCUT2D eigenvalue weighted by Crippen LogP contribution is 2.34. The highest BCUT2D eigenvalue weighted by atomic mass is 32.2. The highest BCUT2D eigenvalue weighted by Gasteiger charge is 2.34. The monoisotopic (exact) mass is 569 g/mol. The minimum Gasteiger partial charge on any atom is -0.483 e. The summed E-state index contributed by atoms with van der Waals surface area (Å²) in [6.07, 6.45) is 5.05. The number of nitrogens with zero attached hydrogens (tertiary/aromatic N) is 3. The lowest BCUT2D eigenvalue weighted by atomic mass is 10.1. The summed E-state index contributed by atoms with van der Waals surface area (Å²) < 4.78 is 5.77. The number of ether oxygens (including phenoxy) is 1. The summed E-state index contributed by atoms with van der Waals surface area (Å²) in [5.74, 6) is -1.15. The lowest BCUT2D eigenvalue weighted by molar-refractivity contribution is -0.384. The summed E-state index contributed by atoms with van der Waals surface area (Å²) in [6.45, 7) is 2.15. The molecule has 0 unspecified atom stereocenters. The van der Waals surface area contributed by atoms with Gasteiger partial charge in [-0.05, 0) is 62.4 Å². The molecular formula is C26H27N5O6S2. The molecule has 39 heavy (non-hydrogen) atoms. The van der Waals surface area contributed by atoms with E-state index in [0.717, 1.165) is 42.7 Å². The average Bonchev–Trinajstić information content (AvgIpc) is 3.19. The van der Waals surface area contributed by atoms with E-state index in [1.165, 1.54) is 30.7 Å². The van der Waals surface area contributed by atoms with E-state index in [1.54, 1.807) is 24.3 Å². The van der Waals surface area contributed by atoms with E-state index in [4.69, 9.17) is 17.0 Å². The first-order valence-corrected chi connectivity index (χ1v) is 13.6. The third-order valence-corrected chi connectivity index (χ3v) is 7.34. The summed E-state index contributed by atoms with van der Waals surface area (Å²) in [7, 11) is 0. The van der Waals surface area contributed by atoms with E-state index in [0.29, 0.717) is 12.2 Å². The number of amides is 3. The Bertz CT molecular complexity index is 1300. The van der Waals surface area contributed by atoms with Crippen molar-refractivity contribution < 1.29 is 24.0 Å². The molecule has 0 aliphatic carbocycles. The van der Waals surface area contributed by atoms with Gasteiger partial charge in [0.05, 0.1) is 9.83 Å². The number of likely N-dealkylation sites (tertiary alicyclic amines) is 1. The van der Waals surface area contributed by atoms with Crippen LogP contribution in [0.5, 0.6) is 5.75 Å². The van der Waals surface area contributed by atoms with Crippen LogP contribution in [-0.4, -0.2) is 63.1 Å². The van der Waals surface area contributed by atoms with Gasteiger partial charge in [0.1, 0.15) is 5.75 Å². The van der Waals surface area contributed by atoms with Crippen LogP contribution in [0.25, 0.3) is 6.08 Å². The van der Waals surface area contributed by atoms with Crippen LogP contribution < -0.4 is 15.5 Å². The van der Waals surface area contributed by atoms with E-state index < -0.39 is 16.7 Å². The largest absolute Gasteiger partial charge is 0.483 e. The summed E-state index contributed by atoms with van der Waals surface area (Å²) >= 11 is 6.25. The maximum Gasteiger partial charge on any atom is 0.285 e. The number of piperidine rings is 1. The van der Waals surface area contributed by atoms with Gasteiger partial charge in [-0.15, -0.1) is 0 Å². The topological polar surface area (TPSA) is 134 Å². The van der Waals surface area contributed by atoms with Gasteiger partial charge in [-0.2, -0.15) is 5.01 Å². The number of thioether (sulfide) groups is 1. The molecule has 0 spiro atoms. The molecule has 4 rings (SSSR count). The molecule has 0 atom stereocenters. The predicted molar refractivity (Wildman–Crippen MR) is 152 cm³/mol. The van der Waals surface area contributed by atoms with Crippen LogP contribution in [0.4, 0.5) is 11.4 Å². The molecule has 2 aromatic rings. The SMILES string of the molecule is O=C(COc1ccc([N+](=O)[O-])cc1C=C1SC(=S)N(NC(=O)CCN2CCCCC2)C1=O)Nc1ccccc1. The number of rotatable bonds is 10. The van der Waals surface area contributed by atoms with Crippen molar-refractivity contribution in [1.29, 1.82) is 0 Å². The van der Waals surface area contributed by atoms with Crippen LogP contribution in [0, 0.1) is 10.1 Å². The van der Waals surface area contributed by atoms with Gasteiger partial charge >= 0.3 is 0 Å². The molecule has 11 nitrogen and oxygen atoms in total. The Kier molecular flexibility index (Phi) is 9.63. The number of nitrogens with one attached hydrogen (secondary N) is 2. The molecule has 2 aliphatic rings. The van der Waals surface area contributed by atoms with Crippen LogP contribution in [0.1, 0.15) is 31.2 Å². The Morgan fingerprint density at radius 1 is 1.10 bits per heavy atom. The maximum atomic E-state index is 13.0. The van der Waals surface area contributed by atoms with Crippen molar-refractivity contribution in [3.63, 3.8) is 0 Å². The number of benzene rings is 2. The van der Waals surface area contributed by atoms with E-state index in [1.807, 2.05) is 6.07 Å². The van der Waals surface area contributed by atoms with Gasteiger partial charge in [-0.1, -0.05) is 36.4 Å². The molecule has 13 heteroatoms. The zero-order chi connectivity index (χ0) is 27.8. The molecule has 3 amide bonds. The van der Waals surface area contributed by atoms with Crippen LogP contribution in [0.2, 0.25) is 0 Å². The number of anilines is 1. The standard InChI is InChI=1S/C26H27N5O6S2/c32-23(11-14-29-12-5-2-6-13-29)28-30-25(34)22(39-26(30)38)16-18-15-20(31(35)36)9-10-21(18)37-17-24(33)27-19-7-3-1-4-8-19/h1,3-4,7-10,15-16H,2,5-6,11-14,17H2,(H,27,33)(H,28,32). The van der Waals surface area contributed by atoms with Crippen molar-refractivity contribution in [2.24, 2.45) is 0 Å². The van der Waals surface area contributed by atoms with Gasteiger partial charge in [0.15, 0.2) is 10.9 Å². The fourth-order valence-corrected chi connectivity index (χ4v) is 5.25. The molecule has 2 aromatic carbocycles. The van der Waals surface area contributed by atoms with E-state index >= 15 is 0 Å². The van der Waals surface area contributed by atoms with Crippen molar-refractivity contribution in [3.05, 3.63) is 69.1 Å². The molecule has 0 saturated carbocycles. The summed E-state index contributed by atoms with van der Waals surface area (Å²) in [4.78, 5) is 51.0. The van der Waals surface area contributed by atoms with Gasteiger partial charge in [0, 0.05) is 36.3 Å². The third kappa shape index (κ3) is 7.85. The van der Waals surface area contributed by atoms with Crippen molar-refractivity contribution >= 4 is 63.5 Å². The number of carbonyl (C=O) groups is 3. The molecule has 0 aromatic heterocycles. The number of carbonyl (C=O) groups excluding carboxylic acids is 3. The Morgan fingerprint density at radius 3 is 2.56 bits per heavy atom. The van der Waals surface area contributed by atoms with E-state index in [-0.39, 0.29) is 45.2 Å². The lowest BCUT2D eigenvalue weighted by Crippen LogP contribution is -2.46. The highest BCUT2D eigenvalue weighted by molar-refractivity contribution is 8.26. The molecule has 2 fully saturated rings. The molecule has 2 heterocycles. The Hall–Kier alpha value is -3.81. The Morgan fingerprint density at radius 2 is 1.85 bits per heavy atom. The van der Waals surface area contributed by atoms with Crippen molar-refractivity contribution in [3.8, 4) is 5.75 Å². The third-order valence-electron chi connectivity index (χ3n) is 6.04. The quantitative estimate of drug-likeness (QED) is 0.190. The molecule has 2 N–H and O–H groups in total. The van der Waals surface area contributed by atoms with Crippen LogP contribution in [0.3, 0.4) is 0 Å². The summed E-state index contributed by atoms with van der Waals surface area (Å²) in [5.41, 5.74) is 3.16. The summed E-state index contributed by atoms with van der Waals surface area (Å²) in [6, 6.07) is 12.7. The fraction of sp³-hybridized carbons (Fsp3) is 0.308. The fourth-order valence-electron chi connectivity index (χ4n) is 4.08. The zero-order valence-corrected chi connectivity index (χ0v) is 22.6. The van der Waals surface area contributed by atoms with Gasteiger partial charge in [-0.25, -0.2) is 0 Å². The molecule has 2 saturated heterocycles. The number of hydrogen-bond donors (Lipinski definition) is 2. The second-order valence-corrected chi connectivity index (χ2v) is 10.6. The number of thiocarbonyl (C=S) groups is 1. The smallest absolute Gasteiger partial charge is 0.285 e. The zero-order valence-electron chi connectivity index (χ0n) is 21.0. The molecule has 0 bridgehead atoms. The van der Waals surface area contributed by atoms with Crippen LogP contribution in [-0.2, 0) is 14.4 Å². The predicted octanol–water partition coefficient (Wildman–Crippen LogP) is 3.72. The number of nitro benzene ring substituents is 1. The first kappa shape index (κ1) is 28.2. The first-order valence-electron chi connectivity index (χ1n) is 12.4. The molecule has 0 radical (unpaired) electrons. The minimum absolute atomic E-state index is 0.132. The lowest BCUT2D eigenvalue weighted by Gasteiger charge is -2.26. The minimum atomic E-state index is -0.572. The van der Waals surface area contributed by atoms with Crippen LogP contribution >= 0.6 is 24.0 Å². The number of hydrazine groups is 1. The normalized spacial score (nSPS) is 16.8. The summed E-state index contributed by atoms with van der Waals surface area (Å²) in [5, 5.41) is 15.1. The van der Waals surface area contributed by atoms with E-state index in [9.17, 15) is 24.5 Å². The average molecular weight is 570 g/mol. The van der Waals surface area contributed by atoms with Gasteiger partial charge in [-0.3, -0.25) is 29.9 Å². The Balaban J connectivity index is 1.43. The van der Waals surface area contributed by atoms with Crippen molar-refractivity contribution in [1.82, 2.24) is 15.3 Å². The van der Waals surface area contributed by atoms with Crippen molar-refractivity contribution in [2.75, 3.05) is 31.6 Å². The van der Waals surface area contributed by atoms with E-state index in [2.05, 4.69) is 15.6 Å². The van der Waals surface area contributed by atoms with Crippen molar-refractivity contribution in [2.45, 2.75) is 25.7 Å². The van der Waals surface area contributed by atoms with Gasteiger partial charge in [0.2, 0.25) is 5.91 Å². The second-order valence-electron chi connectivity index (χ2n) is 8.89. The number of para-hydroxylation sites is 1. The molecule has 2 aliphatic heterocycles. The number of hydrogen-bond acceptors (Lipinski definition) is 9. The number of nitro groups is 1. The van der Waals surface area contributed by atoms with Crippen LogP contribution in [0.15, 0.2) is 53.4 Å². The second kappa shape index (κ2) is 13.3. The molecular weight excluding hydrogens is 542 g/mol. The van der Waals surface area contributed by atoms with Gasteiger partial charge < -0.3 is 15.0 Å². The first-order chi connectivity index (χ1) is 18.8. The maximum absolute atomic E-state index is 13.0.